The molecule has 0 heterocycles. The normalized spacial score (nSPS) is 11.3. The van der Waals surface area contributed by atoms with Gasteiger partial charge in [0, 0.05) is 12.6 Å². The van der Waals surface area contributed by atoms with E-state index in [1.807, 2.05) is 60.7 Å². The highest BCUT2D eigenvalue weighted by Crippen LogP contribution is 2.37. The first-order chi connectivity index (χ1) is 14.1. The number of rotatable bonds is 9. The molecule has 29 heavy (non-hydrogen) atoms. The molecular weight excluding hydrogens is 370 g/mol. The van der Waals surface area contributed by atoms with Gasteiger partial charge in [0.05, 0.1) is 0 Å². The van der Waals surface area contributed by atoms with E-state index in [9.17, 15) is 5.11 Å². The zero-order valence-electron chi connectivity index (χ0n) is 15.7. The number of ether oxygens (including phenoxy) is 3. The SMILES string of the molecule is N=C(N)NCC(O)COc1ccc(Oc2ccccc2)c(Oc2ccccc2)c1. The first-order valence-corrected chi connectivity index (χ1v) is 9.09. The van der Waals surface area contributed by atoms with Gasteiger partial charge in [0.2, 0.25) is 0 Å². The Morgan fingerprint density at radius 2 is 1.45 bits per heavy atom. The van der Waals surface area contributed by atoms with Crippen molar-refractivity contribution in [3.63, 3.8) is 0 Å². The van der Waals surface area contributed by atoms with Crippen LogP contribution in [-0.4, -0.2) is 30.3 Å². The molecule has 0 amide bonds. The van der Waals surface area contributed by atoms with Crippen LogP contribution in [0.4, 0.5) is 0 Å². The number of aliphatic hydroxyl groups is 1. The summed E-state index contributed by atoms with van der Waals surface area (Å²) in [6, 6.07) is 24.0. The van der Waals surface area contributed by atoms with E-state index in [1.54, 1.807) is 18.2 Å². The van der Waals surface area contributed by atoms with Gasteiger partial charge in [0.15, 0.2) is 17.5 Å². The Morgan fingerprint density at radius 1 is 0.862 bits per heavy atom. The molecule has 0 spiro atoms. The van der Waals surface area contributed by atoms with Gasteiger partial charge in [-0.1, -0.05) is 36.4 Å². The van der Waals surface area contributed by atoms with Gasteiger partial charge in [0.1, 0.15) is 30.0 Å². The van der Waals surface area contributed by atoms with Gasteiger partial charge in [-0.25, -0.2) is 0 Å². The molecule has 5 N–H and O–H groups in total. The average Bonchev–Trinajstić information content (AvgIpc) is 2.74. The Bertz CT molecular complexity index is 920. The van der Waals surface area contributed by atoms with Crippen molar-refractivity contribution in [3.05, 3.63) is 78.9 Å². The van der Waals surface area contributed by atoms with Gasteiger partial charge < -0.3 is 30.4 Å². The highest BCUT2D eigenvalue weighted by molar-refractivity contribution is 5.74. The van der Waals surface area contributed by atoms with Crippen LogP contribution in [0.15, 0.2) is 78.9 Å². The minimum atomic E-state index is -0.822. The van der Waals surface area contributed by atoms with Crippen molar-refractivity contribution in [2.24, 2.45) is 5.73 Å². The maximum atomic E-state index is 9.92. The summed E-state index contributed by atoms with van der Waals surface area (Å²) in [5.74, 6) is 2.67. The fourth-order valence-electron chi connectivity index (χ4n) is 2.45. The van der Waals surface area contributed by atoms with E-state index in [2.05, 4.69) is 5.32 Å². The highest BCUT2D eigenvalue weighted by atomic mass is 16.5. The summed E-state index contributed by atoms with van der Waals surface area (Å²) >= 11 is 0. The van der Waals surface area contributed by atoms with E-state index in [4.69, 9.17) is 25.4 Å². The number of nitrogens with one attached hydrogen (secondary N) is 2. The van der Waals surface area contributed by atoms with Crippen molar-refractivity contribution < 1.29 is 19.3 Å². The second-order valence-corrected chi connectivity index (χ2v) is 6.20. The van der Waals surface area contributed by atoms with Crippen molar-refractivity contribution in [1.82, 2.24) is 5.32 Å². The van der Waals surface area contributed by atoms with Crippen molar-refractivity contribution in [2.75, 3.05) is 13.2 Å². The molecule has 3 rings (SSSR count). The summed E-state index contributed by atoms with van der Waals surface area (Å²) in [5, 5.41) is 19.6. The van der Waals surface area contributed by atoms with Gasteiger partial charge in [-0.2, -0.15) is 0 Å². The van der Waals surface area contributed by atoms with Gasteiger partial charge in [0.25, 0.3) is 0 Å². The number of aliphatic hydroxyl groups excluding tert-OH is 1. The number of guanidine groups is 1. The summed E-state index contributed by atoms with van der Waals surface area (Å²) in [7, 11) is 0. The number of hydrogen-bond donors (Lipinski definition) is 4. The van der Waals surface area contributed by atoms with Crippen LogP contribution >= 0.6 is 0 Å². The largest absolute Gasteiger partial charge is 0.491 e. The molecule has 1 atom stereocenters. The van der Waals surface area contributed by atoms with Gasteiger partial charge >= 0.3 is 0 Å². The molecule has 0 aliphatic rings. The molecule has 0 aliphatic heterocycles. The lowest BCUT2D eigenvalue weighted by atomic mass is 10.2. The third kappa shape index (κ3) is 6.44. The molecule has 0 aliphatic carbocycles. The molecule has 0 bridgehead atoms. The molecule has 0 radical (unpaired) electrons. The van der Waals surface area contributed by atoms with Gasteiger partial charge in [-0.15, -0.1) is 0 Å². The van der Waals surface area contributed by atoms with E-state index in [0.717, 1.165) is 0 Å². The van der Waals surface area contributed by atoms with E-state index in [1.165, 1.54) is 0 Å². The maximum absolute atomic E-state index is 9.92. The van der Waals surface area contributed by atoms with E-state index < -0.39 is 6.10 Å². The van der Waals surface area contributed by atoms with Crippen LogP contribution in [0.3, 0.4) is 0 Å². The molecule has 150 valence electrons. The summed E-state index contributed by atoms with van der Waals surface area (Å²) in [6.45, 7) is 0.155. The van der Waals surface area contributed by atoms with Crippen LogP contribution < -0.4 is 25.3 Å². The Kier molecular flexibility index (Phi) is 6.91. The third-order valence-electron chi connectivity index (χ3n) is 3.83. The lowest BCUT2D eigenvalue weighted by Crippen LogP contribution is -2.38. The average molecular weight is 393 g/mol. The Hall–Kier alpha value is -3.71. The number of hydrogen-bond acceptors (Lipinski definition) is 5. The zero-order valence-corrected chi connectivity index (χ0v) is 15.7. The lowest BCUT2D eigenvalue weighted by molar-refractivity contribution is 0.110. The number of nitrogens with two attached hydrogens (primary N) is 1. The van der Waals surface area contributed by atoms with Crippen LogP contribution in [0.1, 0.15) is 0 Å². The summed E-state index contributed by atoms with van der Waals surface area (Å²) in [6.07, 6.45) is -0.822. The third-order valence-corrected chi connectivity index (χ3v) is 3.83. The predicted octanol–water partition coefficient (Wildman–Crippen LogP) is 3.49. The molecule has 0 fully saturated rings. The summed E-state index contributed by atoms with van der Waals surface area (Å²) in [5.41, 5.74) is 5.21. The molecule has 3 aromatic rings. The van der Waals surface area contributed by atoms with Crippen LogP contribution in [0.2, 0.25) is 0 Å². The van der Waals surface area contributed by atoms with E-state index in [-0.39, 0.29) is 19.1 Å². The fraction of sp³-hybridized carbons (Fsp3) is 0.136. The van der Waals surface area contributed by atoms with Crippen molar-refractivity contribution in [2.45, 2.75) is 6.10 Å². The first-order valence-electron chi connectivity index (χ1n) is 9.09. The van der Waals surface area contributed by atoms with Crippen molar-refractivity contribution in [3.8, 4) is 28.7 Å². The standard InChI is InChI=1S/C22H23N3O4/c23-22(24)25-14-16(26)15-27-19-11-12-20(28-17-7-3-1-4-8-17)21(13-19)29-18-9-5-2-6-10-18/h1-13,16,26H,14-15H2,(H4,23,24,25). The molecule has 0 saturated heterocycles. The molecule has 0 aromatic heterocycles. The predicted molar refractivity (Wildman–Crippen MR) is 111 cm³/mol. The molecule has 7 heteroatoms. The van der Waals surface area contributed by atoms with Crippen molar-refractivity contribution in [1.29, 1.82) is 5.41 Å². The van der Waals surface area contributed by atoms with Crippen LogP contribution in [0.25, 0.3) is 0 Å². The molecule has 7 nitrogen and oxygen atoms in total. The second-order valence-electron chi connectivity index (χ2n) is 6.20. The minimum Gasteiger partial charge on any atom is -0.491 e. The molecule has 0 saturated carbocycles. The second kappa shape index (κ2) is 10.0. The van der Waals surface area contributed by atoms with Crippen LogP contribution in [0.5, 0.6) is 28.7 Å². The monoisotopic (exact) mass is 393 g/mol. The number of para-hydroxylation sites is 2. The minimum absolute atomic E-state index is 0.0317. The molecule has 1 unspecified atom stereocenters. The quantitative estimate of drug-likeness (QED) is 0.327. The topological polar surface area (TPSA) is 110 Å². The van der Waals surface area contributed by atoms with Crippen LogP contribution in [0, 0.1) is 5.41 Å². The smallest absolute Gasteiger partial charge is 0.185 e. The Balaban J connectivity index is 1.75. The Morgan fingerprint density at radius 3 is 2.03 bits per heavy atom. The lowest BCUT2D eigenvalue weighted by Gasteiger charge is -2.16. The molecule has 3 aromatic carbocycles. The molecular formula is C22H23N3O4. The number of benzene rings is 3. The van der Waals surface area contributed by atoms with Crippen LogP contribution in [-0.2, 0) is 0 Å². The maximum Gasteiger partial charge on any atom is 0.185 e. The van der Waals surface area contributed by atoms with Gasteiger partial charge in [-0.3, -0.25) is 5.41 Å². The Labute approximate surface area is 169 Å². The summed E-state index contributed by atoms with van der Waals surface area (Å²) < 4.78 is 17.6. The summed E-state index contributed by atoms with van der Waals surface area (Å²) in [4.78, 5) is 0. The highest BCUT2D eigenvalue weighted by Gasteiger charge is 2.12. The fourth-order valence-corrected chi connectivity index (χ4v) is 2.45. The van der Waals surface area contributed by atoms with E-state index in [0.29, 0.717) is 28.7 Å². The van der Waals surface area contributed by atoms with Gasteiger partial charge in [-0.05, 0) is 36.4 Å². The first kappa shape index (κ1) is 20.0. The van der Waals surface area contributed by atoms with E-state index >= 15 is 0 Å². The van der Waals surface area contributed by atoms with Crippen molar-refractivity contribution >= 4 is 5.96 Å². The zero-order chi connectivity index (χ0) is 20.5.